The predicted molar refractivity (Wildman–Crippen MR) is 171 cm³/mol. The summed E-state index contributed by atoms with van der Waals surface area (Å²) in [4.78, 5) is 25.7. The maximum Gasteiger partial charge on any atom is 0.309 e. The van der Waals surface area contributed by atoms with Crippen molar-refractivity contribution in [1.29, 1.82) is 0 Å². The fraction of sp³-hybridized carbons (Fsp3) is 0.944. The Labute approximate surface area is 250 Å². The van der Waals surface area contributed by atoms with E-state index in [-0.39, 0.29) is 24.3 Å². The van der Waals surface area contributed by atoms with Gasteiger partial charge in [-0.1, -0.05) is 157 Å². The maximum absolute atomic E-state index is 13.0. The first-order valence-corrected chi connectivity index (χ1v) is 17.6. The number of unbranched alkanes of at least 4 members (excludes halogenated alkanes) is 15. The van der Waals surface area contributed by atoms with E-state index >= 15 is 0 Å². The second-order valence-corrected chi connectivity index (χ2v) is 13.3. The van der Waals surface area contributed by atoms with Gasteiger partial charge in [0.05, 0.1) is 25.6 Å². The second kappa shape index (κ2) is 28.1. The van der Waals surface area contributed by atoms with Crippen molar-refractivity contribution >= 4 is 11.9 Å². The molecule has 0 spiro atoms. The monoisotopic (exact) mass is 567 g/mol. The minimum absolute atomic E-state index is 0.134. The molecule has 0 saturated heterocycles. The highest BCUT2D eigenvalue weighted by atomic mass is 16.5. The van der Waals surface area contributed by atoms with Crippen molar-refractivity contribution < 1.29 is 19.1 Å². The summed E-state index contributed by atoms with van der Waals surface area (Å²) in [5.41, 5.74) is 0. The average Bonchev–Trinajstić information content (AvgIpc) is 2.91. The Kier molecular flexibility index (Phi) is 27.3. The van der Waals surface area contributed by atoms with E-state index in [9.17, 15) is 9.59 Å². The van der Waals surface area contributed by atoms with Crippen LogP contribution in [0.5, 0.6) is 0 Å². The summed E-state index contributed by atoms with van der Waals surface area (Å²) in [6.45, 7) is 14.3. The number of hydrogen-bond donors (Lipinski definition) is 0. The molecule has 0 aromatic rings. The van der Waals surface area contributed by atoms with Crippen molar-refractivity contribution in [2.75, 3.05) is 13.2 Å². The summed E-state index contributed by atoms with van der Waals surface area (Å²) in [5, 5.41) is 0. The van der Waals surface area contributed by atoms with Crippen LogP contribution < -0.4 is 0 Å². The zero-order valence-corrected chi connectivity index (χ0v) is 27.9. The molecule has 0 aliphatic rings. The van der Waals surface area contributed by atoms with E-state index in [2.05, 4.69) is 41.5 Å². The minimum Gasteiger partial charge on any atom is -0.466 e. The molecule has 0 amide bonds. The lowest BCUT2D eigenvalue weighted by atomic mass is 9.86. The molecular formula is C36H70O4. The van der Waals surface area contributed by atoms with Gasteiger partial charge in [0.1, 0.15) is 0 Å². The van der Waals surface area contributed by atoms with Gasteiger partial charge in [-0.15, -0.1) is 0 Å². The smallest absolute Gasteiger partial charge is 0.309 e. The Morgan fingerprint density at radius 3 is 1.38 bits per heavy atom. The molecule has 0 fully saturated rings. The Balaban J connectivity index is 4.38. The van der Waals surface area contributed by atoms with E-state index in [4.69, 9.17) is 9.47 Å². The van der Waals surface area contributed by atoms with Gasteiger partial charge in [-0.2, -0.15) is 0 Å². The fourth-order valence-electron chi connectivity index (χ4n) is 5.39. The standard InChI is InChI=1S/C36H70O4/c1-7-8-9-10-11-12-13-14-15-16-17-22-27-33(6)34(36(38)40-29-24-19-21-26-32(4)5)30-35(37)39-28-23-18-20-25-31(2)3/h31-34H,7-30H2,1-6H3. The molecular weight excluding hydrogens is 496 g/mol. The minimum atomic E-state index is -0.392. The first-order chi connectivity index (χ1) is 19.3. The summed E-state index contributed by atoms with van der Waals surface area (Å²) in [6.07, 6.45) is 25.8. The molecule has 0 heterocycles. The SMILES string of the molecule is CCCCCCCCCCCCCCC(C)C(CC(=O)OCCCCCC(C)C)C(=O)OCCCCCC(C)C. The van der Waals surface area contributed by atoms with Crippen LogP contribution in [0.25, 0.3) is 0 Å². The molecule has 0 aliphatic heterocycles. The number of carbonyl (C=O) groups is 2. The molecule has 238 valence electrons. The van der Waals surface area contributed by atoms with Crippen LogP contribution in [0.4, 0.5) is 0 Å². The summed E-state index contributed by atoms with van der Waals surface area (Å²) >= 11 is 0. The van der Waals surface area contributed by atoms with Gasteiger partial charge in [-0.25, -0.2) is 0 Å². The topological polar surface area (TPSA) is 52.6 Å². The molecule has 0 rings (SSSR count). The van der Waals surface area contributed by atoms with Gasteiger partial charge in [0.25, 0.3) is 0 Å². The summed E-state index contributed by atoms with van der Waals surface area (Å²) < 4.78 is 11.2. The maximum atomic E-state index is 13.0. The Bertz CT molecular complexity index is 571. The third kappa shape index (κ3) is 25.9. The van der Waals surface area contributed by atoms with Crippen molar-refractivity contribution in [2.45, 2.75) is 183 Å². The lowest BCUT2D eigenvalue weighted by Crippen LogP contribution is -2.28. The van der Waals surface area contributed by atoms with Gasteiger partial charge < -0.3 is 9.47 Å². The molecule has 40 heavy (non-hydrogen) atoms. The van der Waals surface area contributed by atoms with Crippen LogP contribution in [0.15, 0.2) is 0 Å². The van der Waals surface area contributed by atoms with Crippen LogP contribution in [-0.4, -0.2) is 25.2 Å². The van der Waals surface area contributed by atoms with Gasteiger partial charge in [0, 0.05) is 0 Å². The zero-order valence-electron chi connectivity index (χ0n) is 27.9. The number of carbonyl (C=O) groups excluding carboxylic acids is 2. The zero-order chi connectivity index (χ0) is 29.8. The van der Waals surface area contributed by atoms with E-state index in [1.807, 2.05) is 0 Å². The largest absolute Gasteiger partial charge is 0.466 e. The van der Waals surface area contributed by atoms with Crippen LogP contribution in [0, 0.1) is 23.7 Å². The molecule has 2 unspecified atom stereocenters. The number of esters is 2. The highest BCUT2D eigenvalue weighted by molar-refractivity contribution is 5.80. The van der Waals surface area contributed by atoms with Crippen LogP contribution in [0.3, 0.4) is 0 Å². The van der Waals surface area contributed by atoms with Gasteiger partial charge >= 0.3 is 11.9 Å². The van der Waals surface area contributed by atoms with E-state index in [1.54, 1.807) is 0 Å². The van der Waals surface area contributed by atoms with E-state index in [0.29, 0.717) is 19.1 Å². The third-order valence-electron chi connectivity index (χ3n) is 8.25. The third-order valence-corrected chi connectivity index (χ3v) is 8.25. The first kappa shape index (κ1) is 38.9. The van der Waals surface area contributed by atoms with E-state index < -0.39 is 5.92 Å². The lowest BCUT2D eigenvalue weighted by molar-refractivity contribution is -0.157. The highest BCUT2D eigenvalue weighted by Crippen LogP contribution is 2.25. The molecule has 0 N–H and O–H groups in total. The molecule has 4 heteroatoms. The van der Waals surface area contributed by atoms with E-state index in [1.165, 1.54) is 96.3 Å². The van der Waals surface area contributed by atoms with Crippen LogP contribution in [0.2, 0.25) is 0 Å². The molecule has 4 nitrogen and oxygen atoms in total. The molecule has 0 aliphatic carbocycles. The summed E-state index contributed by atoms with van der Waals surface area (Å²) in [7, 11) is 0. The van der Waals surface area contributed by atoms with Crippen LogP contribution >= 0.6 is 0 Å². The number of hydrogen-bond acceptors (Lipinski definition) is 4. The van der Waals surface area contributed by atoms with Gasteiger partial charge in [-0.05, 0) is 37.0 Å². The fourth-order valence-corrected chi connectivity index (χ4v) is 5.39. The van der Waals surface area contributed by atoms with Crippen molar-refractivity contribution in [3.05, 3.63) is 0 Å². The molecule has 0 aromatic heterocycles. The van der Waals surface area contributed by atoms with Crippen molar-refractivity contribution in [2.24, 2.45) is 23.7 Å². The average molecular weight is 567 g/mol. The number of rotatable bonds is 29. The van der Waals surface area contributed by atoms with Gasteiger partial charge in [0.15, 0.2) is 0 Å². The van der Waals surface area contributed by atoms with Crippen LogP contribution in [-0.2, 0) is 19.1 Å². The summed E-state index contributed by atoms with van der Waals surface area (Å²) in [5.74, 6) is 0.728. The normalized spacial score (nSPS) is 13.1. The Hall–Kier alpha value is -1.06. The van der Waals surface area contributed by atoms with Crippen molar-refractivity contribution in [3.8, 4) is 0 Å². The first-order valence-electron chi connectivity index (χ1n) is 17.6. The quantitative estimate of drug-likeness (QED) is 0.0667. The van der Waals surface area contributed by atoms with Crippen LogP contribution in [0.1, 0.15) is 183 Å². The molecule has 0 aromatic carbocycles. The molecule has 0 saturated carbocycles. The van der Waals surface area contributed by atoms with Crippen molar-refractivity contribution in [3.63, 3.8) is 0 Å². The summed E-state index contributed by atoms with van der Waals surface area (Å²) in [6, 6.07) is 0. The molecule has 0 radical (unpaired) electrons. The predicted octanol–water partition coefficient (Wildman–Crippen LogP) is 11.2. The lowest BCUT2D eigenvalue weighted by Gasteiger charge is -2.22. The molecule has 0 bridgehead atoms. The van der Waals surface area contributed by atoms with Gasteiger partial charge in [-0.3, -0.25) is 9.59 Å². The number of ether oxygens (including phenoxy) is 2. The second-order valence-electron chi connectivity index (χ2n) is 13.3. The highest BCUT2D eigenvalue weighted by Gasteiger charge is 2.29. The Morgan fingerprint density at radius 1 is 0.500 bits per heavy atom. The Morgan fingerprint density at radius 2 is 0.900 bits per heavy atom. The van der Waals surface area contributed by atoms with Crippen molar-refractivity contribution in [1.82, 2.24) is 0 Å². The van der Waals surface area contributed by atoms with E-state index in [0.717, 1.165) is 44.4 Å². The molecule has 2 atom stereocenters. The van der Waals surface area contributed by atoms with Gasteiger partial charge in [0.2, 0.25) is 0 Å².